The summed E-state index contributed by atoms with van der Waals surface area (Å²) in [5, 5.41) is 23.0. The molecule has 0 fully saturated rings. The van der Waals surface area contributed by atoms with Crippen LogP contribution in [0.15, 0.2) is 30.3 Å². The van der Waals surface area contributed by atoms with Crippen LogP contribution in [0.5, 0.6) is 17.2 Å². The highest BCUT2D eigenvalue weighted by Gasteiger charge is 2.35. The monoisotopic (exact) mass is 478 g/mol. The van der Waals surface area contributed by atoms with E-state index in [1.807, 2.05) is 6.92 Å². The molecule has 0 bridgehead atoms. The SMILES string of the molecule is CCCc1c(OCCCCOc2ccc(-c3nn[nH]n3)c(C(F)(F)F)c2)ccc(C(C)=O)c1O. The summed E-state index contributed by atoms with van der Waals surface area (Å²) in [5.74, 6) is 0.158. The van der Waals surface area contributed by atoms with Gasteiger partial charge in [-0.2, -0.15) is 18.4 Å². The van der Waals surface area contributed by atoms with E-state index in [-0.39, 0.29) is 40.8 Å². The van der Waals surface area contributed by atoms with E-state index < -0.39 is 11.7 Å². The number of rotatable bonds is 11. The fraction of sp³-hybridized carbons (Fsp3) is 0.391. The third-order valence-electron chi connectivity index (χ3n) is 5.07. The van der Waals surface area contributed by atoms with Crippen molar-refractivity contribution in [3.63, 3.8) is 0 Å². The number of carbonyl (C=O) groups excluding carboxylic acids is 1. The van der Waals surface area contributed by atoms with E-state index in [0.29, 0.717) is 37.2 Å². The van der Waals surface area contributed by atoms with Gasteiger partial charge in [0.2, 0.25) is 5.82 Å². The van der Waals surface area contributed by atoms with E-state index in [9.17, 15) is 23.1 Å². The Kier molecular flexibility index (Phi) is 8.08. The Morgan fingerprint density at radius 1 is 1.12 bits per heavy atom. The van der Waals surface area contributed by atoms with Crippen molar-refractivity contribution in [2.24, 2.45) is 0 Å². The summed E-state index contributed by atoms with van der Waals surface area (Å²) in [6.07, 6.45) is -2.16. The van der Waals surface area contributed by atoms with Crippen LogP contribution in [-0.2, 0) is 12.6 Å². The van der Waals surface area contributed by atoms with Gasteiger partial charge in [-0.05, 0) is 61.7 Å². The Morgan fingerprint density at radius 3 is 2.47 bits per heavy atom. The number of benzene rings is 2. The number of carbonyl (C=O) groups is 1. The number of nitrogens with one attached hydrogen (secondary N) is 1. The van der Waals surface area contributed by atoms with Gasteiger partial charge in [-0.25, -0.2) is 0 Å². The molecule has 0 radical (unpaired) electrons. The lowest BCUT2D eigenvalue weighted by molar-refractivity contribution is -0.137. The molecule has 0 atom stereocenters. The Hall–Kier alpha value is -3.63. The number of phenolic OH excluding ortho intramolecular Hbond substituents is 1. The van der Waals surface area contributed by atoms with Gasteiger partial charge in [0.1, 0.15) is 17.2 Å². The number of ketones is 1. The molecule has 34 heavy (non-hydrogen) atoms. The van der Waals surface area contributed by atoms with Crippen molar-refractivity contribution in [1.29, 1.82) is 0 Å². The van der Waals surface area contributed by atoms with Crippen molar-refractivity contribution in [2.45, 2.75) is 45.7 Å². The van der Waals surface area contributed by atoms with Gasteiger partial charge < -0.3 is 14.6 Å². The van der Waals surface area contributed by atoms with Crippen LogP contribution < -0.4 is 9.47 Å². The highest BCUT2D eigenvalue weighted by molar-refractivity contribution is 5.97. The van der Waals surface area contributed by atoms with Gasteiger partial charge in [0, 0.05) is 11.1 Å². The summed E-state index contributed by atoms with van der Waals surface area (Å²) >= 11 is 0. The summed E-state index contributed by atoms with van der Waals surface area (Å²) in [6.45, 7) is 3.86. The zero-order valence-corrected chi connectivity index (χ0v) is 18.8. The molecule has 2 N–H and O–H groups in total. The lowest BCUT2D eigenvalue weighted by Gasteiger charge is -2.15. The van der Waals surface area contributed by atoms with Gasteiger partial charge in [0.25, 0.3) is 0 Å². The first kappa shape index (κ1) is 25.0. The molecule has 3 rings (SSSR count). The molecule has 0 saturated heterocycles. The van der Waals surface area contributed by atoms with Crippen molar-refractivity contribution in [3.8, 4) is 28.6 Å². The summed E-state index contributed by atoms with van der Waals surface area (Å²) in [7, 11) is 0. The van der Waals surface area contributed by atoms with Crippen molar-refractivity contribution >= 4 is 5.78 Å². The van der Waals surface area contributed by atoms with Crippen molar-refractivity contribution in [3.05, 3.63) is 47.0 Å². The molecule has 0 unspecified atom stereocenters. The predicted octanol–water partition coefficient (Wildman–Crippen LogP) is 4.98. The number of aromatic nitrogens is 4. The van der Waals surface area contributed by atoms with Gasteiger partial charge in [0.15, 0.2) is 5.78 Å². The molecule has 0 aliphatic rings. The second kappa shape index (κ2) is 11.0. The smallest absolute Gasteiger partial charge is 0.417 e. The number of nitrogens with zero attached hydrogens (tertiary/aromatic N) is 3. The molecule has 182 valence electrons. The lowest BCUT2D eigenvalue weighted by Crippen LogP contribution is -2.09. The van der Waals surface area contributed by atoms with Crippen LogP contribution in [0.4, 0.5) is 13.2 Å². The maximum absolute atomic E-state index is 13.5. The number of H-pyrrole nitrogens is 1. The fourth-order valence-corrected chi connectivity index (χ4v) is 3.42. The molecule has 1 heterocycles. The van der Waals surface area contributed by atoms with Gasteiger partial charge >= 0.3 is 6.18 Å². The van der Waals surface area contributed by atoms with Crippen LogP contribution in [0, 0.1) is 0 Å². The maximum Gasteiger partial charge on any atom is 0.417 e. The first-order valence-electron chi connectivity index (χ1n) is 10.8. The molecule has 0 aliphatic carbocycles. The van der Waals surface area contributed by atoms with Gasteiger partial charge in [-0.3, -0.25) is 4.79 Å². The molecule has 0 amide bonds. The molecule has 0 aliphatic heterocycles. The molecular weight excluding hydrogens is 453 g/mol. The molecule has 3 aromatic rings. The van der Waals surface area contributed by atoms with Crippen LogP contribution in [-0.4, -0.2) is 44.7 Å². The highest BCUT2D eigenvalue weighted by Crippen LogP contribution is 2.38. The number of alkyl halides is 3. The van der Waals surface area contributed by atoms with E-state index in [0.717, 1.165) is 12.5 Å². The topological polar surface area (TPSA) is 110 Å². The standard InChI is InChI=1S/C23H25F3N4O4/c1-3-6-18-20(10-9-16(14(2)31)21(18)32)34-12-5-4-11-33-15-7-8-17(22-27-29-30-28-22)19(13-15)23(24,25)26/h7-10,13,32H,3-6,11-12H2,1-2H3,(H,27,28,29,30). The first-order valence-corrected chi connectivity index (χ1v) is 10.8. The largest absolute Gasteiger partial charge is 0.507 e. The van der Waals surface area contributed by atoms with Crippen LogP contribution in [0.2, 0.25) is 0 Å². The maximum atomic E-state index is 13.5. The van der Waals surface area contributed by atoms with E-state index in [1.165, 1.54) is 25.1 Å². The Labute approximate surface area is 194 Å². The number of Topliss-reactive ketones (excluding diaryl/α,β-unsaturated/α-hetero) is 1. The number of aromatic hydroxyl groups is 1. The molecule has 1 aromatic heterocycles. The summed E-state index contributed by atoms with van der Waals surface area (Å²) < 4.78 is 51.7. The Bertz CT molecular complexity index is 1120. The first-order chi connectivity index (χ1) is 16.2. The number of ether oxygens (including phenoxy) is 2. The van der Waals surface area contributed by atoms with Crippen molar-refractivity contribution in [2.75, 3.05) is 13.2 Å². The van der Waals surface area contributed by atoms with E-state index in [4.69, 9.17) is 9.47 Å². The summed E-state index contributed by atoms with van der Waals surface area (Å²) in [6, 6.07) is 6.79. The zero-order chi connectivity index (χ0) is 24.7. The Morgan fingerprint density at radius 2 is 1.85 bits per heavy atom. The van der Waals surface area contributed by atoms with E-state index in [2.05, 4.69) is 20.6 Å². The summed E-state index contributed by atoms with van der Waals surface area (Å²) in [4.78, 5) is 11.7. The van der Waals surface area contributed by atoms with E-state index in [1.54, 1.807) is 6.07 Å². The van der Waals surface area contributed by atoms with Crippen molar-refractivity contribution < 1.29 is 32.5 Å². The number of phenols is 1. The molecule has 8 nitrogen and oxygen atoms in total. The predicted molar refractivity (Wildman–Crippen MR) is 117 cm³/mol. The number of tetrazole rings is 1. The van der Waals surface area contributed by atoms with Crippen LogP contribution >= 0.6 is 0 Å². The minimum absolute atomic E-state index is 0.0556. The molecule has 11 heteroatoms. The summed E-state index contributed by atoms with van der Waals surface area (Å²) in [5.41, 5.74) is -0.253. The second-order valence-corrected chi connectivity index (χ2v) is 7.59. The van der Waals surface area contributed by atoms with E-state index >= 15 is 0 Å². The fourth-order valence-electron chi connectivity index (χ4n) is 3.42. The highest BCUT2D eigenvalue weighted by atomic mass is 19.4. The minimum atomic E-state index is -4.61. The van der Waals surface area contributed by atoms with Crippen LogP contribution in [0.1, 0.15) is 54.6 Å². The normalized spacial score (nSPS) is 11.4. The van der Waals surface area contributed by atoms with Gasteiger partial charge in [-0.15, -0.1) is 10.2 Å². The lowest BCUT2D eigenvalue weighted by atomic mass is 10.0. The third-order valence-corrected chi connectivity index (χ3v) is 5.07. The quantitative estimate of drug-likeness (QED) is 0.295. The minimum Gasteiger partial charge on any atom is -0.507 e. The third kappa shape index (κ3) is 6.03. The molecule has 2 aromatic carbocycles. The number of halogens is 3. The second-order valence-electron chi connectivity index (χ2n) is 7.59. The van der Waals surface area contributed by atoms with Crippen molar-refractivity contribution in [1.82, 2.24) is 20.6 Å². The number of unbranched alkanes of at least 4 members (excludes halogenated alkanes) is 1. The van der Waals surface area contributed by atoms with Crippen LogP contribution in [0.3, 0.4) is 0 Å². The molecule has 0 saturated carbocycles. The zero-order valence-electron chi connectivity index (χ0n) is 18.8. The Balaban J connectivity index is 1.55. The van der Waals surface area contributed by atoms with Gasteiger partial charge in [-0.1, -0.05) is 13.3 Å². The average molecular weight is 478 g/mol. The average Bonchev–Trinajstić information content (AvgIpc) is 3.32. The van der Waals surface area contributed by atoms with Gasteiger partial charge in [0.05, 0.1) is 24.3 Å². The number of aromatic amines is 1. The number of hydrogen-bond acceptors (Lipinski definition) is 7. The number of hydrogen-bond donors (Lipinski definition) is 2. The van der Waals surface area contributed by atoms with Crippen LogP contribution in [0.25, 0.3) is 11.4 Å². The molecule has 0 spiro atoms. The molecular formula is C23H25F3N4O4.